The van der Waals surface area contributed by atoms with E-state index in [1.54, 1.807) is 14.2 Å². The number of benzene rings is 2. The number of piperidine rings is 1. The number of methoxy groups -OCH3 is 2. The van der Waals surface area contributed by atoms with Crippen LogP contribution in [0.4, 0.5) is 22.7 Å². The Morgan fingerprint density at radius 2 is 1.34 bits per heavy atom. The van der Waals surface area contributed by atoms with Gasteiger partial charge in [0.15, 0.2) is 0 Å². The molecule has 2 saturated heterocycles. The molecule has 2 aliphatic heterocycles. The zero-order valence-corrected chi connectivity index (χ0v) is 19.0. The van der Waals surface area contributed by atoms with E-state index in [1.165, 1.54) is 0 Å². The fraction of sp³-hybridized carbons (Fsp3) is 0.500. The standard InChI is InChI=1S/2C12H18N2O2/c1-16-12-8-9(13)2-3-11(12)14-6-4-10(15)5-7-14;1-16-12-6-10(13)2-3-11(12)14-5-4-9(7-14)8-15/h2-3,8,10,15H,4-7,13H2,1H3;2-3,6,9,15H,4-5,7-8,13H2,1H3. The van der Waals surface area contributed by atoms with Crippen molar-refractivity contribution in [3.63, 3.8) is 0 Å². The molecule has 2 aromatic rings. The molecule has 8 nitrogen and oxygen atoms in total. The highest BCUT2D eigenvalue weighted by Crippen LogP contribution is 2.34. The monoisotopic (exact) mass is 444 g/mol. The minimum Gasteiger partial charge on any atom is -0.495 e. The Hall–Kier alpha value is -2.84. The van der Waals surface area contributed by atoms with Crippen LogP contribution in [-0.4, -0.2) is 63.3 Å². The Bertz CT molecular complexity index is 820. The van der Waals surface area contributed by atoms with Gasteiger partial charge in [-0.1, -0.05) is 0 Å². The lowest BCUT2D eigenvalue weighted by Crippen LogP contribution is -2.35. The average Bonchev–Trinajstić information content (AvgIpc) is 3.29. The molecule has 2 aliphatic rings. The first-order valence-electron chi connectivity index (χ1n) is 11.1. The van der Waals surface area contributed by atoms with Crippen LogP contribution in [0.15, 0.2) is 36.4 Å². The van der Waals surface area contributed by atoms with Crippen LogP contribution in [0.25, 0.3) is 0 Å². The van der Waals surface area contributed by atoms with Crippen molar-refractivity contribution in [2.45, 2.75) is 25.4 Å². The van der Waals surface area contributed by atoms with E-state index in [2.05, 4.69) is 9.80 Å². The Morgan fingerprint density at radius 3 is 1.81 bits per heavy atom. The van der Waals surface area contributed by atoms with Crippen molar-refractivity contribution >= 4 is 22.7 Å². The van der Waals surface area contributed by atoms with Crippen LogP contribution < -0.4 is 30.7 Å². The van der Waals surface area contributed by atoms with Crippen molar-refractivity contribution < 1.29 is 19.7 Å². The minimum absolute atomic E-state index is 0.156. The number of hydrogen-bond donors (Lipinski definition) is 4. The van der Waals surface area contributed by atoms with E-state index in [0.29, 0.717) is 17.3 Å². The summed E-state index contributed by atoms with van der Waals surface area (Å²) in [6, 6.07) is 11.4. The Morgan fingerprint density at radius 1 is 0.844 bits per heavy atom. The number of hydrogen-bond acceptors (Lipinski definition) is 8. The smallest absolute Gasteiger partial charge is 0.144 e. The summed E-state index contributed by atoms with van der Waals surface area (Å²) in [6.45, 7) is 3.83. The van der Waals surface area contributed by atoms with Gasteiger partial charge in [0.1, 0.15) is 11.5 Å². The lowest BCUT2D eigenvalue weighted by atomic mass is 10.1. The molecule has 0 bridgehead atoms. The van der Waals surface area contributed by atoms with Gasteiger partial charge in [0.05, 0.1) is 31.7 Å². The fourth-order valence-electron chi connectivity index (χ4n) is 4.22. The summed E-state index contributed by atoms with van der Waals surface area (Å²) in [7, 11) is 3.30. The number of ether oxygens (including phenoxy) is 2. The number of aliphatic hydroxyl groups is 2. The maximum absolute atomic E-state index is 9.47. The molecule has 32 heavy (non-hydrogen) atoms. The molecule has 4 rings (SSSR count). The van der Waals surface area contributed by atoms with Crippen LogP contribution in [0.1, 0.15) is 19.3 Å². The zero-order chi connectivity index (χ0) is 23.1. The van der Waals surface area contributed by atoms with Crippen LogP contribution >= 0.6 is 0 Å². The van der Waals surface area contributed by atoms with Crippen LogP contribution in [0.5, 0.6) is 11.5 Å². The van der Waals surface area contributed by atoms with Crippen LogP contribution in [0.3, 0.4) is 0 Å². The van der Waals surface area contributed by atoms with Crippen LogP contribution in [-0.2, 0) is 0 Å². The average molecular weight is 445 g/mol. The molecule has 1 unspecified atom stereocenters. The number of nitrogen functional groups attached to an aromatic ring is 2. The van der Waals surface area contributed by atoms with Crippen molar-refractivity contribution in [1.82, 2.24) is 0 Å². The second kappa shape index (κ2) is 11.2. The van der Waals surface area contributed by atoms with Crippen molar-refractivity contribution in [2.24, 2.45) is 5.92 Å². The fourth-order valence-corrected chi connectivity index (χ4v) is 4.22. The van der Waals surface area contributed by atoms with Crippen LogP contribution in [0.2, 0.25) is 0 Å². The van der Waals surface area contributed by atoms with Crippen molar-refractivity contribution in [3.05, 3.63) is 36.4 Å². The first-order valence-corrected chi connectivity index (χ1v) is 11.1. The number of nitrogens with zero attached hydrogens (tertiary/aromatic N) is 2. The van der Waals surface area contributed by atoms with Gasteiger partial charge in [0, 0.05) is 62.2 Å². The molecule has 176 valence electrons. The van der Waals surface area contributed by atoms with Gasteiger partial charge in [-0.3, -0.25) is 0 Å². The number of anilines is 4. The second-order valence-corrected chi connectivity index (χ2v) is 8.36. The highest BCUT2D eigenvalue weighted by molar-refractivity contribution is 5.65. The molecule has 2 heterocycles. The molecule has 0 saturated carbocycles. The Labute approximate surface area is 190 Å². The van der Waals surface area contributed by atoms with Gasteiger partial charge >= 0.3 is 0 Å². The van der Waals surface area contributed by atoms with Gasteiger partial charge in [-0.2, -0.15) is 0 Å². The van der Waals surface area contributed by atoms with Crippen molar-refractivity contribution in [2.75, 3.05) is 68.3 Å². The van der Waals surface area contributed by atoms with Gasteiger partial charge in [0.2, 0.25) is 0 Å². The lowest BCUT2D eigenvalue weighted by molar-refractivity contribution is 0.145. The third-order valence-corrected chi connectivity index (χ3v) is 6.10. The van der Waals surface area contributed by atoms with E-state index < -0.39 is 0 Å². The van der Waals surface area contributed by atoms with Crippen molar-refractivity contribution in [3.8, 4) is 11.5 Å². The lowest BCUT2D eigenvalue weighted by Gasteiger charge is -2.32. The largest absolute Gasteiger partial charge is 0.495 e. The van der Waals surface area contributed by atoms with Crippen LogP contribution in [0, 0.1) is 5.92 Å². The molecule has 0 amide bonds. The number of rotatable bonds is 5. The van der Waals surface area contributed by atoms with Gasteiger partial charge in [0.25, 0.3) is 0 Å². The molecular formula is C24H36N4O4. The first kappa shape index (κ1) is 23.8. The highest BCUT2D eigenvalue weighted by Gasteiger charge is 2.24. The third kappa shape index (κ3) is 5.89. The molecule has 1 atom stereocenters. The zero-order valence-electron chi connectivity index (χ0n) is 19.0. The molecule has 6 N–H and O–H groups in total. The quantitative estimate of drug-likeness (QED) is 0.519. The summed E-state index contributed by atoms with van der Waals surface area (Å²) in [5.41, 5.74) is 15.0. The maximum atomic E-state index is 9.47. The summed E-state index contributed by atoms with van der Waals surface area (Å²) in [6.07, 6.45) is 2.50. The van der Waals surface area contributed by atoms with E-state index in [1.807, 2.05) is 36.4 Å². The SMILES string of the molecule is COc1cc(N)ccc1N1CCC(CO)C1.COc1cc(N)ccc1N1CCC(O)CC1. The maximum Gasteiger partial charge on any atom is 0.144 e. The topological polar surface area (TPSA) is 117 Å². The Kier molecular flexibility index (Phi) is 8.30. The van der Waals surface area contributed by atoms with E-state index in [9.17, 15) is 5.11 Å². The van der Waals surface area contributed by atoms with Gasteiger partial charge < -0.3 is 41.0 Å². The molecular weight excluding hydrogens is 408 g/mol. The van der Waals surface area contributed by atoms with Crippen molar-refractivity contribution in [1.29, 1.82) is 0 Å². The molecule has 0 aromatic heterocycles. The summed E-state index contributed by atoms with van der Waals surface area (Å²) >= 11 is 0. The van der Waals surface area contributed by atoms with Gasteiger partial charge in [-0.15, -0.1) is 0 Å². The molecule has 8 heteroatoms. The predicted octanol–water partition coefficient (Wildman–Crippen LogP) is 2.33. The number of aliphatic hydroxyl groups excluding tert-OH is 2. The molecule has 2 fully saturated rings. The molecule has 2 aromatic carbocycles. The van der Waals surface area contributed by atoms with E-state index in [-0.39, 0.29) is 12.7 Å². The van der Waals surface area contributed by atoms with Gasteiger partial charge in [-0.05, 0) is 43.5 Å². The minimum atomic E-state index is -0.156. The van der Waals surface area contributed by atoms with E-state index in [0.717, 1.165) is 68.3 Å². The normalized spacial score (nSPS) is 18.8. The highest BCUT2D eigenvalue weighted by atomic mass is 16.5. The predicted molar refractivity (Wildman–Crippen MR) is 130 cm³/mol. The summed E-state index contributed by atoms with van der Waals surface area (Å²) in [5.74, 6) is 1.98. The number of nitrogens with two attached hydrogens (primary N) is 2. The first-order chi connectivity index (χ1) is 15.4. The second-order valence-electron chi connectivity index (χ2n) is 8.36. The molecule has 0 spiro atoms. The van der Waals surface area contributed by atoms with Gasteiger partial charge in [-0.25, -0.2) is 0 Å². The summed E-state index contributed by atoms with van der Waals surface area (Å²) in [4.78, 5) is 4.46. The van der Waals surface area contributed by atoms with E-state index in [4.69, 9.17) is 26.0 Å². The Balaban J connectivity index is 0.000000181. The molecule has 0 radical (unpaired) electrons. The summed E-state index contributed by atoms with van der Waals surface area (Å²) in [5, 5.41) is 18.6. The third-order valence-electron chi connectivity index (χ3n) is 6.10. The summed E-state index contributed by atoms with van der Waals surface area (Å²) < 4.78 is 10.6. The molecule has 0 aliphatic carbocycles. The van der Waals surface area contributed by atoms with E-state index >= 15 is 0 Å².